The zero-order valence-electron chi connectivity index (χ0n) is 10.2. The third-order valence-corrected chi connectivity index (χ3v) is 3.95. The molecule has 1 spiro atoms. The van der Waals surface area contributed by atoms with Gasteiger partial charge >= 0.3 is 0 Å². The van der Waals surface area contributed by atoms with E-state index in [1.807, 2.05) is 7.11 Å². The van der Waals surface area contributed by atoms with Crippen molar-refractivity contribution in [3.05, 3.63) is 0 Å². The second kappa shape index (κ2) is 7.02. The van der Waals surface area contributed by atoms with E-state index >= 15 is 0 Å². The van der Waals surface area contributed by atoms with Gasteiger partial charge in [0, 0.05) is 26.1 Å². The molecule has 0 aromatic carbocycles. The molecule has 2 aliphatic rings. The highest BCUT2D eigenvalue weighted by molar-refractivity contribution is 5.85. The molecule has 0 saturated carbocycles. The van der Waals surface area contributed by atoms with E-state index in [1.54, 1.807) is 0 Å². The van der Waals surface area contributed by atoms with E-state index in [0.717, 1.165) is 12.5 Å². The first kappa shape index (κ1) is 16.5. The van der Waals surface area contributed by atoms with Crippen molar-refractivity contribution in [3.63, 3.8) is 0 Å². The largest absolute Gasteiger partial charge is 0.384 e. The van der Waals surface area contributed by atoms with Gasteiger partial charge in [0.05, 0.1) is 6.61 Å². The summed E-state index contributed by atoms with van der Waals surface area (Å²) in [6, 6.07) is 0. The molecule has 2 fully saturated rings. The number of rotatable bonds is 2. The molecule has 2 rings (SSSR count). The SMILES string of the molecule is COCC1CN(C)CC12CCNCC2.Cl.Cl. The molecule has 1 atom stereocenters. The Bertz CT molecular complexity index is 198. The van der Waals surface area contributed by atoms with Crippen LogP contribution in [0.4, 0.5) is 0 Å². The van der Waals surface area contributed by atoms with Gasteiger partial charge in [-0.15, -0.1) is 24.8 Å². The maximum atomic E-state index is 5.35. The predicted octanol–water partition coefficient (Wildman–Crippen LogP) is 1.41. The fraction of sp³-hybridized carbons (Fsp3) is 1.00. The predicted molar refractivity (Wildman–Crippen MR) is 71.9 cm³/mol. The van der Waals surface area contributed by atoms with E-state index in [-0.39, 0.29) is 24.8 Å². The third kappa shape index (κ3) is 3.23. The van der Waals surface area contributed by atoms with Crippen LogP contribution in [0.15, 0.2) is 0 Å². The minimum Gasteiger partial charge on any atom is -0.384 e. The molecule has 0 aromatic heterocycles. The lowest BCUT2D eigenvalue weighted by atomic mass is 9.71. The Morgan fingerprint density at radius 1 is 1.31 bits per heavy atom. The first-order chi connectivity index (χ1) is 6.77. The van der Waals surface area contributed by atoms with Crippen molar-refractivity contribution in [1.82, 2.24) is 10.2 Å². The molecular formula is C11H24Cl2N2O. The van der Waals surface area contributed by atoms with Crippen LogP contribution in [0.25, 0.3) is 0 Å². The standard InChI is InChI=1S/C11H22N2O.2ClH/c1-13-7-10(8-14-2)11(9-13)3-5-12-6-4-11;;/h10,12H,3-9H2,1-2H3;2*1H. The Hall–Kier alpha value is 0.460. The highest BCUT2D eigenvalue weighted by atomic mass is 35.5. The molecular weight excluding hydrogens is 247 g/mol. The fourth-order valence-corrected chi connectivity index (χ4v) is 3.22. The van der Waals surface area contributed by atoms with Gasteiger partial charge in [-0.2, -0.15) is 0 Å². The van der Waals surface area contributed by atoms with Gasteiger partial charge in [-0.1, -0.05) is 0 Å². The van der Waals surface area contributed by atoms with Gasteiger partial charge in [0.25, 0.3) is 0 Å². The summed E-state index contributed by atoms with van der Waals surface area (Å²) in [5.74, 6) is 0.750. The van der Waals surface area contributed by atoms with Crippen LogP contribution in [-0.2, 0) is 4.74 Å². The summed E-state index contributed by atoms with van der Waals surface area (Å²) in [6.45, 7) is 5.79. The van der Waals surface area contributed by atoms with Gasteiger partial charge in [0.1, 0.15) is 0 Å². The van der Waals surface area contributed by atoms with Gasteiger partial charge in [-0.05, 0) is 38.4 Å². The summed E-state index contributed by atoms with van der Waals surface area (Å²) in [5.41, 5.74) is 0.552. The minimum atomic E-state index is 0. The fourth-order valence-electron chi connectivity index (χ4n) is 3.22. The Balaban J connectivity index is 0.00000112. The van der Waals surface area contributed by atoms with Crippen LogP contribution in [0.2, 0.25) is 0 Å². The number of hydrogen-bond acceptors (Lipinski definition) is 3. The number of ether oxygens (including phenoxy) is 1. The molecule has 98 valence electrons. The summed E-state index contributed by atoms with van der Waals surface area (Å²) < 4.78 is 5.35. The third-order valence-electron chi connectivity index (χ3n) is 3.95. The molecule has 0 amide bonds. The molecule has 16 heavy (non-hydrogen) atoms. The molecule has 2 heterocycles. The normalized spacial score (nSPS) is 28.5. The molecule has 0 aliphatic carbocycles. The van der Waals surface area contributed by atoms with Crippen LogP contribution in [0.5, 0.6) is 0 Å². The first-order valence-electron chi connectivity index (χ1n) is 5.65. The highest BCUT2D eigenvalue weighted by Crippen LogP contribution is 2.42. The number of piperidine rings is 1. The van der Waals surface area contributed by atoms with Crippen LogP contribution < -0.4 is 5.32 Å². The van der Waals surface area contributed by atoms with Crippen LogP contribution in [0, 0.1) is 11.3 Å². The Kier molecular flexibility index (Phi) is 7.22. The zero-order chi connectivity index (χ0) is 10.0. The lowest BCUT2D eigenvalue weighted by molar-refractivity contribution is 0.0717. The number of hydrogen-bond donors (Lipinski definition) is 1. The van der Waals surface area contributed by atoms with E-state index in [0.29, 0.717) is 5.41 Å². The minimum absolute atomic E-state index is 0. The van der Waals surface area contributed by atoms with Crippen LogP contribution in [0.3, 0.4) is 0 Å². The van der Waals surface area contributed by atoms with Crippen LogP contribution >= 0.6 is 24.8 Å². The Morgan fingerprint density at radius 2 is 1.94 bits per heavy atom. The molecule has 2 aliphatic heterocycles. The smallest absolute Gasteiger partial charge is 0.0508 e. The zero-order valence-corrected chi connectivity index (χ0v) is 11.8. The van der Waals surface area contributed by atoms with Crippen molar-refractivity contribution in [2.75, 3.05) is 46.9 Å². The number of nitrogens with one attached hydrogen (secondary N) is 1. The van der Waals surface area contributed by atoms with Gasteiger partial charge in [-0.25, -0.2) is 0 Å². The number of halogens is 2. The molecule has 0 radical (unpaired) electrons. The van der Waals surface area contributed by atoms with Crippen molar-refractivity contribution in [1.29, 1.82) is 0 Å². The topological polar surface area (TPSA) is 24.5 Å². The van der Waals surface area contributed by atoms with E-state index in [2.05, 4.69) is 17.3 Å². The first-order valence-corrected chi connectivity index (χ1v) is 5.65. The Morgan fingerprint density at radius 3 is 2.50 bits per heavy atom. The number of nitrogens with zero attached hydrogens (tertiary/aromatic N) is 1. The van der Waals surface area contributed by atoms with Crippen molar-refractivity contribution in [2.45, 2.75) is 12.8 Å². The molecule has 5 heteroatoms. The molecule has 2 saturated heterocycles. The van der Waals surface area contributed by atoms with Crippen molar-refractivity contribution in [3.8, 4) is 0 Å². The second-order valence-electron chi connectivity index (χ2n) is 4.96. The lowest BCUT2D eigenvalue weighted by Crippen LogP contribution is -2.43. The molecule has 1 N–H and O–H groups in total. The molecule has 0 bridgehead atoms. The Labute approximate surface area is 111 Å². The van der Waals surface area contributed by atoms with E-state index in [1.165, 1.54) is 39.0 Å². The number of likely N-dealkylation sites (tertiary alicyclic amines) is 1. The quantitative estimate of drug-likeness (QED) is 0.822. The molecule has 1 unspecified atom stereocenters. The molecule has 3 nitrogen and oxygen atoms in total. The molecule has 0 aromatic rings. The van der Waals surface area contributed by atoms with Gasteiger partial charge in [0.15, 0.2) is 0 Å². The summed E-state index contributed by atoms with van der Waals surface area (Å²) in [6.07, 6.45) is 2.65. The summed E-state index contributed by atoms with van der Waals surface area (Å²) >= 11 is 0. The highest BCUT2D eigenvalue weighted by Gasteiger charge is 2.45. The summed E-state index contributed by atoms with van der Waals surface area (Å²) in [7, 11) is 4.06. The van der Waals surface area contributed by atoms with Crippen LogP contribution in [0.1, 0.15) is 12.8 Å². The van der Waals surface area contributed by atoms with E-state index in [9.17, 15) is 0 Å². The van der Waals surface area contributed by atoms with Crippen molar-refractivity contribution < 1.29 is 4.74 Å². The van der Waals surface area contributed by atoms with Gasteiger partial charge < -0.3 is 15.0 Å². The van der Waals surface area contributed by atoms with Crippen molar-refractivity contribution in [2.24, 2.45) is 11.3 Å². The van der Waals surface area contributed by atoms with Gasteiger partial charge in [-0.3, -0.25) is 0 Å². The second-order valence-corrected chi connectivity index (χ2v) is 4.96. The van der Waals surface area contributed by atoms with Crippen molar-refractivity contribution >= 4 is 24.8 Å². The maximum Gasteiger partial charge on any atom is 0.0508 e. The van der Waals surface area contributed by atoms with E-state index < -0.39 is 0 Å². The average molecular weight is 271 g/mol. The average Bonchev–Trinajstić information content (AvgIpc) is 2.45. The van der Waals surface area contributed by atoms with E-state index in [4.69, 9.17) is 4.74 Å². The lowest BCUT2D eigenvalue weighted by Gasteiger charge is -2.38. The monoisotopic (exact) mass is 270 g/mol. The summed E-state index contributed by atoms with van der Waals surface area (Å²) in [4.78, 5) is 2.47. The van der Waals surface area contributed by atoms with Crippen LogP contribution in [-0.4, -0.2) is 51.8 Å². The van der Waals surface area contributed by atoms with Gasteiger partial charge in [0.2, 0.25) is 0 Å². The maximum absolute atomic E-state index is 5.35. The number of methoxy groups -OCH3 is 1. The summed E-state index contributed by atoms with van der Waals surface area (Å²) in [5, 5.41) is 3.45.